The van der Waals surface area contributed by atoms with Crippen molar-refractivity contribution in [1.82, 2.24) is 24.3 Å². The van der Waals surface area contributed by atoms with E-state index in [1.165, 1.54) is 6.33 Å². The normalized spacial score (nSPS) is 21.6. The molecular formula is C19H23N5O2. The Balaban J connectivity index is 1.73. The van der Waals surface area contributed by atoms with Gasteiger partial charge in [-0.05, 0) is 32.5 Å². The third-order valence-corrected chi connectivity index (χ3v) is 5.27. The Morgan fingerprint density at radius 1 is 1.19 bits per heavy atom. The first kappa shape index (κ1) is 16.9. The highest BCUT2D eigenvalue weighted by atomic mass is 16.2. The van der Waals surface area contributed by atoms with Gasteiger partial charge in [-0.3, -0.25) is 9.59 Å². The molecule has 1 fully saturated rings. The zero-order valence-electron chi connectivity index (χ0n) is 15.1. The van der Waals surface area contributed by atoms with Gasteiger partial charge in [0.25, 0.3) is 5.56 Å². The number of pyridine rings is 1. The molecular weight excluding hydrogens is 330 g/mol. The van der Waals surface area contributed by atoms with Gasteiger partial charge < -0.3 is 14.4 Å². The van der Waals surface area contributed by atoms with Crippen molar-refractivity contribution in [2.45, 2.75) is 18.9 Å². The molecule has 0 spiro atoms. The molecule has 2 aliphatic rings. The van der Waals surface area contributed by atoms with Crippen molar-refractivity contribution < 1.29 is 4.79 Å². The van der Waals surface area contributed by atoms with Crippen LogP contribution in [0.3, 0.4) is 0 Å². The van der Waals surface area contributed by atoms with Crippen molar-refractivity contribution in [2.24, 2.45) is 5.92 Å². The number of amides is 1. The summed E-state index contributed by atoms with van der Waals surface area (Å²) in [6, 6.07) is 3.50. The summed E-state index contributed by atoms with van der Waals surface area (Å²) in [6.07, 6.45) is 6.06. The lowest BCUT2D eigenvalue weighted by atomic mass is 9.80. The van der Waals surface area contributed by atoms with Crippen molar-refractivity contribution in [3.8, 4) is 11.1 Å². The molecule has 7 nitrogen and oxygen atoms in total. The molecule has 2 aliphatic heterocycles. The van der Waals surface area contributed by atoms with E-state index in [1.807, 2.05) is 34.5 Å². The van der Waals surface area contributed by atoms with Gasteiger partial charge in [-0.15, -0.1) is 0 Å². The molecule has 4 rings (SSSR count). The summed E-state index contributed by atoms with van der Waals surface area (Å²) in [4.78, 5) is 37.2. The number of rotatable bonds is 3. The third kappa shape index (κ3) is 3.03. The van der Waals surface area contributed by atoms with Gasteiger partial charge in [-0.2, -0.15) is 0 Å². The minimum Gasteiger partial charge on any atom is -0.341 e. The van der Waals surface area contributed by atoms with Gasteiger partial charge in [0.1, 0.15) is 6.33 Å². The van der Waals surface area contributed by atoms with E-state index in [0.29, 0.717) is 25.6 Å². The highest BCUT2D eigenvalue weighted by Gasteiger charge is 2.37. The summed E-state index contributed by atoms with van der Waals surface area (Å²) in [5.74, 6) is 0.645. The summed E-state index contributed by atoms with van der Waals surface area (Å²) >= 11 is 0. The van der Waals surface area contributed by atoms with E-state index in [9.17, 15) is 9.59 Å². The van der Waals surface area contributed by atoms with Crippen molar-refractivity contribution in [3.05, 3.63) is 46.9 Å². The van der Waals surface area contributed by atoms with Crippen LogP contribution in [0.25, 0.3) is 11.1 Å². The van der Waals surface area contributed by atoms with Gasteiger partial charge >= 0.3 is 0 Å². The fraction of sp³-hybridized carbons (Fsp3) is 0.474. The molecule has 2 bridgehead atoms. The maximum atomic E-state index is 12.6. The molecule has 0 N–H and O–H groups in total. The monoisotopic (exact) mass is 353 g/mol. The Bertz CT molecular complexity index is 877. The van der Waals surface area contributed by atoms with Crippen molar-refractivity contribution in [2.75, 3.05) is 33.7 Å². The summed E-state index contributed by atoms with van der Waals surface area (Å²) < 4.78 is 1.90. The molecule has 7 heteroatoms. The first-order valence-electron chi connectivity index (χ1n) is 8.94. The maximum absolute atomic E-state index is 12.6. The lowest BCUT2D eigenvalue weighted by Gasteiger charge is -2.43. The van der Waals surface area contributed by atoms with Gasteiger partial charge in [-0.25, -0.2) is 9.97 Å². The minimum absolute atomic E-state index is 0.0309. The van der Waals surface area contributed by atoms with Crippen LogP contribution in [0.2, 0.25) is 0 Å². The van der Waals surface area contributed by atoms with E-state index in [2.05, 4.69) is 9.97 Å². The fourth-order valence-electron chi connectivity index (χ4n) is 4.27. The van der Waals surface area contributed by atoms with Crippen LogP contribution in [0, 0.1) is 5.92 Å². The fourth-order valence-corrected chi connectivity index (χ4v) is 4.27. The average Bonchev–Trinajstić information content (AvgIpc) is 2.62. The molecule has 0 radical (unpaired) electrons. The number of aromatic nitrogens is 3. The van der Waals surface area contributed by atoms with Crippen LogP contribution in [-0.4, -0.2) is 64.0 Å². The topological polar surface area (TPSA) is 71.3 Å². The molecule has 4 heterocycles. The van der Waals surface area contributed by atoms with Gasteiger partial charge in [0.2, 0.25) is 5.91 Å². The molecule has 2 atom stereocenters. The molecule has 1 amide bonds. The molecule has 0 aliphatic carbocycles. The number of hydrogen-bond acceptors (Lipinski definition) is 5. The number of carbonyl (C=O) groups is 1. The average molecular weight is 353 g/mol. The summed E-state index contributed by atoms with van der Waals surface area (Å²) in [5.41, 5.74) is 2.95. The van der Waals surface area contributed by atoms with Crippen LogP contribution >= 0.6 is 0 Å². The van der Waals surface area contributed by atoms with Crippen molar-refractivity contribution in [1.29, 1.82) is 0 Å². The Hall–Kier alpha value is -2.54. The predicted molar refractivity (Wildman–Crippen MR) is 97.7 cm³/mol. The zero-order valence-corrected chi connectivity index (χ0v) is 15.1. The summed E-state index contributed by atoms with van der Waals surface area (Å²) in [5, 5.41) is 0. The molecule has 1 saturated heterocycles. The SMILES string of the molecule is CN(C)CC(=O)N1C[C@H]2C[C@H](C1)c1c(-c3cncnc3)ccc(=O)n1C2. The van der Waals surface area contributed by atoms with Gasteiger partial charge in [0, 0.05) is 60.8 Å². The Kier molecular flexibility index (Phi) is 4.32. The second-order valence-electron chi connectivity index (χ2n) is 7.54. The molecule has 2 aromatic rings. The Morgan fingerprint density at radius 3 is 2.69 bits per heavy atom. The quantitative estimate of drug-likeness (QED) is 0.817. The van der Waals surface area contributed by atoms with Crippen LogP contribution in [0.15, 0.2) is 35.6 Å². The van der Waals surface area contributed by atoms with Crippen LogP contribution in [-0.2, 0) is 11.3 Å². The van der Waals surface area contributed by atoms with E-state index in [1.54, 1.807) is 18.5 Å². The number of likely N-dealkylation sites (N-methyl/N-ethyl adjacent to an activating group) is 1. The second-order valence-corrected chi connectivity index (χ2v) is 7.54. The van der Waals surface area contributed by atoms with E-state index >= 15 is 0 Å². The third-order valence-electron chi connectivity index (χ3n) is 5.27. The lowest BCUT2D eigenvalue weighted by Crippen LogP contribution is -2.51. The Labute approximate surface area is 152 Å². The predicted octanol–water partition coefficient (Wildman–Crippen LogP) is 0.813. The molecule has 0 aromatic carbocycles. The summed E-state index contributed by atoms with van der Waals surface area (Å²) in [7, 11) is 3.82. The van der Waals surface area contributed by atoms with Crippen LogP contribution in [0.5, 0.6) is 0 Å². The highest BCUT2D eigenvalue weighted by molar-refractivity contribution is 5.78. The molecule has 0 unspecified atom stereocenters. The smallest absolute Gasteiger partial charge is 0.250 e. The van der Waals surface area contributed by atoms with E-state index < -0.39 is 0 Å². The van der Waals surface area contributed by atoms with Gasteiger partial charge in [-0.1, -0.05) is 0 Å². The molecule has 26 heavy (non-hydrogen) atoms. The van der Waals surface area contributed by atoms with Crippen molar-refractivity contribution in [3.63, 3.8) is 0 Å². The van der Waals surface area contributed by atoms with Gasteiger partial charge in [0.05, 0.1) is 6.54 Å². The van der Waals surface area contributed by atoms with E-state index in [4.69, 9.17) is 0 Å². The van der Waals surface area contributed by atoms with Crippen LogP contribution in [0.1, 0.15) is 18.0 Å². The number of carbonyl (C=O) groups excluding carboxylic acids is 1. The van der Waals surface area contributed by atoms with Gasteiger partial charge in [0.15, 0.2) is 0 Å². The minimum atomic E-state index is 0.0309. The van der Waals surface area contributed by atoms with E-state index in [-0.39, 0.29) is 17.4 Å². The highest BCUT2D eigenvalue weighted by Crippen LogP contribution is 2.39. The molecule has 0 saturated carbocycles. The van der Waals surface area contributed by atoms with Crippen LogP contribution < -0.4 is 5.56 Å². The lowest BCUT2D eigenvalue weighted by molar-refractivity contribution is -0.134. The molecule has 2 aromatic heterocycles. The van der Waals surface area contributed by atoms with E-state index in [0.717, 1.165) is 29.8 Å². The second kappa shape index (κ2) is 6.64. The van der Waals surface area contributed by atoms with Crippen LogP contribution in [0.4, 0.5) is 0 Å². The maximum Gasteiger partial charge on any atom is 0.250 e. The first-order chi connectivity index (χ1) is 12.5. The Morgan fingerprint density at radius 2 is 1.96 bits per heavy atom. The zero-order chi connectivity index (χ0) is 18.3. The standard InChI is InChI=1S/C19H23N5O2/c1-22(2)11-18(26)23-8-13-5-14(10-23)19-16(15-6-20-12-21-7-15)3-4-17(25)24(19)9-13/h3-4,6-7,12-14H,5,8-11H2,1-2H3/t13-,14-/m1/s1. The molecule has 136 valence electrons. The largest absolute Gasteiger partial charge is 0.341 e. The summed E-state index contributed by atoms with van der Waals surface area (Å²) in [6.45, 7) is 2.47. The van der Waals surface area contributed by atoms with Crippen molar-refractivity contribution >= 4 is 5.91 Å². The number of hydrogen-bond donors (Lipinski definition) is 0. The number of fused-ring (bicyclic) bond motifs is 4. The number of nitrogens with zero attached hydrogens (tertiary/aromatic N) is 5. The number of likely N-dealkylation sites (tertiary alicyclic amines) is 1. The first-order valence-corrected chi connectivity index (χ1v) is 8.94. The number of piperidine rings is 1.